The van der Waals surface area contributed by atoms with Crippen molar-refractivity contribution in [3.63, 3.8) is 0 Å². The molecule has 0 N–H and O–H groups in total. The number of carbonyl (C=O) groups excluding carboxylic acids is 3. The van der Waals surface area contributed by atoms with Gasteiger partial charge in [0.15, 0.2) is 0 Å². The van der Waals surface area contributed by atoms with Crippen molar-refractivity contribution in [3.05, 3.63) is 28.8 Å². The molecule has 2 heterocycles. The Morgan fingerprint density at radius 2 is 2.13 bits per heavy atom. The normalized spacial score (nSPS) is 18.2. The van der Waals surface area contributed by atoms with Gasteiger partial charge in [-0.2, -0.15) is 0 Å². The Morgan fingerprint density at radius 3 is 2.74 bits per heavy atom. The molecule has 1 aromatic carbocycles. The maximum atomic E-state index is 12.8. The van der Waals surface area contributed by atoms with Gasteiger partial charge in [0.2, 0.25) is 5.91 Å². The molecule has 2 aliphatic heterocycles. The summed E-state index contributed by atoms with van der Waals surface area (Å²) in [6, 6.07) is 5.23. The quantitative estimate of drug-likeness (QED) is 0.792. The summed E-state index contributed by atoms with van der Waals surface area (Å²) in [6.07, 6.45) is 0.0204. The number of hydrogen-bond donors (Lipinski definition) is 0. The van der Waals surface area contributed by atoms with Crippen LogP contribution in [-0.4, -0.2) is 48.9 Å². The highest BCUT2D eigenvalue weighted by atomic mass is 35.5. The Labute approximate surface area is 138 Å². The average Bonchev–Trinajstić information content (AvgIpc) is 2.68. The van der Waals surface area contributed by atoms with Gasteiger partial charge in [0, 0.05) is 23.7 Å². The second kappa shape index (κ2) is 5.53. The summed E-state index contributed by atoms with van der Waals surface area (Å²) in [7, 11) is 0. The molecule has 6 nitrogen and oxygen atoms in total. The molecule has 0 radical (unpaired) electrons. The van der Waals surface area contributed by atoms with Crippen molar-refractivity contribution in [2.45, 2.75) is 25.4 Å². The maximum Gasteiger partial charge on any atom is 0.410 e. The fourth-order valence-corrected chi connectivity index (χ4v) is 3.60. The van der Waals surface area contributed by atoms with Crippen LogP contribution in [0, 0.1) is 0 Å². The molecule has 122 valence electrons. The third kappa shape index (κ3) is 2.28. The van der Waals surface area contributed by atoms with Crippen LogP contribution >= 0.6 is 11.6 Å². The fourth-order valence-electron chi connectivity index (χ4n) is 3.25. The van der Waals surface area contributed by atoms with Crippen molar-refractivity contribution < 1.29 is 19.1 Å². The van der Waals surface area contributed by atoms with Crippen LogP contribution in [0.2, 0.25) is 5.02 Å². The maximum absolute atomic E-state index is 12.8. The molecule has 0 atom stereocenters. The number of benzene rings is 1. The zero-order valence-corrected chi connectivity index (χ0v) is 13.7. The minimum absolute atomic E-state index is 0.0234. The highest BCUT2D eigenvalue weighted by molar-refractivity contribution is 6.33. The summed E-state index contributed by atoms with van der Waals surface area (Å²) >= 11 is 6.31. The van der Waals surface area contributed by atoms with E-state index in [0.717, 1.165) is 0 Å². The van der Waals surface area contributed by atoms with Crippen molar-refractivity contribution in [2.75, 3.05) is 24.5 Å². The van der Waals surface area contributed by atoms with E-state index in [-0.39, 0.29) is 31.6 Å². The molecule has 0 bridgehead atoms. The van der Waals surface area contributed by atoms with Gasteiger partial charge in [0.05, 0.1) is 18.3 Å². The lowest BCUT2D eigenvalue weighted by molar-refractivity contribution is -0.129. The number of rotatable bonds is 3. The van der Waals surface area contributed by atoms with Gasteiger partial charge < -0.3 is 19.3 Å². The minimum atomic E-state index is -0.868. The summed E-state index contributed by atoms with van der Waals surface area (Å²) in [5.41, 5.74) is 0.473. The van der Waals surface area contributed by atoms with Gasteiger partial charge in [-0.3, -0.25) is 4.79 Å². The number of hydrogen-bond acceptors (Lipinski definition) is 4. The van der Waals surface area contributed by atoms with Crippen LogP contribution in [0.1, 0.15) is 19.4 Å². The van der Waals surface area contributed by atoms with Gasteiger partial charge in [0.25, 0.3) is 0 Å². The van der Waals surface area contributed by atoms with Gasteiger partial charge in [-0.05, 0) is 26.0 Å². The first-order chi connectivity index (χ1) is 10.9. The standard InChI is InChI=1S/C16H17ClN2O4/c1-10(2)23-15(22)18-8-16(9-18)13-11(17)4-3-5-12(13)19(6-7-20)14(16)21/h3-5,7,10H,6,8-9H2,1-2H3. The number of anilines is 1. The highest BCUT2D eigenvalue weighted by Gasteiger charge is 2.60. The summed E-state index contributed by atoms with van der Waals surface area (Å²) in [4.78, 5) is 38.6. The first-order valence-electron chi connectivity index (χ1n) is 7.41. The molecule has 2 aliphatic rings. The number of nitrogens with zero attached hydrogens (tertiary/aromatic N) is 2. The molecule has 2 amide bonds. The Hall–Kier alpha value is -2.08. The van der Waals surface area contributed by atoms with E-state index >= 15 is 0 Å². The molecule has 1 saturated heterocycles. The Morgan fingerprint density at radius 1 is 1.43 bits per heavy atom. The number of fused-ring (bicyclic) bond motifs is 2. The second-order valence-electron chi connectivity index (χ2n) is 6.09. The van der Waals surface area contributed by atoms with Crippen LogP contribution in [0.4, 0.5) is 10.5 Å². The number of ether oxygens (including phenoxy) is 1. The minimum Gasteiger partial charge on any atom is -0.447 e. The lowest BCUT2D eigenvalue weighted by Crippen LogP contribution is -2.65. The van der Waals surface area contributed by atoms with Crippen LogP contribution in [0.25, 0.3) is 0 Å². The van der Waals surface area contributed by atoms with Gasteiger partial charge in [-0.25, -0.2) is 4.79 Å². The van der Waals surface area contributed by atoms with Crippen LogP contribution in [0.5, 0.6) is 0 Å². The number of aldehydes is 1. The van der Waals surface area contributed by atoms with Crippen molar-refractivity contribution in [2.24, 2.45) is 0 Å². The molecule has 0 saturated carbocycles. The zero-order chi connectivity index (χ0) is 16.8. The largest absolute Gasteiger partial charge is 0.447 e. The third-order valence-electron chi connectivity index (χ3n) is 4.19. The second-order valence-corrected chi connectivity index (χ2v) is 6.49. The smallest absolute Gasteiger partial charge is 0.410 e. The molecular weight excluding hydrogens is 320 g/mol. The van der Waals surface area contributed by atoms with Crippen LogP contribution in [0.3, 0.4) is 0 Å². The van der Waals surface area contributed by atoms with E-state index in [2.05, 4.69) is 0 Å². The van der Waals surface area contributed by atoms with Gasteiger partial charge in [-0.15, -0.1) is 0 Å². The van der Waals surface area contributed by atoms with Crippen molar-refractivity contribution in [3.8, 4) is 0 Å². The number of carbonyl (C=O) groups is 3. The molecule has 3 rings (SSSR count). The molecule has 1 spiro atoms. The van der Waals surface area contributed by atoms with Gasteiger partial charge in [0.1, 0.15) is 11.7 Å². The SMILES string of the molecule is CC(C)OC(=O)N1CC2(C1)C(=O)N(CC=O)c1cccc(Cl)c12. The van der Waals surface area contributed by atoms with Gasteiger partial charge >= 0.3 is 6.09 Å². The van der Waals surface area contributed by atoms with Crippen molar-refractivity contribution in [1.82, 2.24) is 4.90 Å². The number of likely N-dealkylation sites (tertiary alicyclic amines) is 1. The fraction of sp³-hybridized carbons (Fsp3) is 0.438. The molecule has 0 aromatic heterocycles. The summed E-state index contributed by atoms with van der Waals surface area (Å²) in [5.74, 6) is -0.193. The zero-order valence-electron chi connectivity index (χ0n) is 12.9. The predicted octanol–water partition coefficient (Wildman–Crippen LogP) is 1.98. The van der Waals surface area contributed by atoms with E-state index in [1.165, 1.54) is 9.80 Å². The molecule has 1 aromatic rings. The topological polar surface area (TPSA) is 66.9 Å². The molecule has 0 unspecified atom stereocenters. The van der Waals surface area contributed by atoms with E-state index in [1.807, 2.05) is 0 Å². The summed E-state index contributed by atoms with van der Waals surface area (Å²) in [5, 5.41) is 0.473. The van der Waals surface area contributed by atoms with E-state index < -0.39 is 11.5 Å². The van der Waals surface area contributed by atoms with Crippen molar-refractivity contribution in [1.29, 1.82) is 0 Å². The Bertz CT molecular complexity index is 683. The third-order valence-corrected chi connectivity index (χ3v) is 4.50. The summed E-state index contributed by atoms with van der Waals surface area (Å²) < 4.78 is 5.16. The van der Waals surface area contributed by atoms with Crippen LogP contribution in [0.15, 0.2) is 18.2 Å². The van der Waals surface area contributed by atoms with Crippen molar-refractivity contribution >= 4 is 35.6 Å². The summed E-state index contributed by atoms with van der Waals surface area (Å²) in [6.45, 7) is 3.94. The molecular formula is C16H17ClN2O4. The lowest BCUT2D eigenvalue weighted by atomic mass is 9.75. The first kappa shape index (κ1) is 15.8. The Kier molecular flexibility index (Phi) is 3.80. The highest BCUT2D eigenvalue weighted by Crippen LogP contribution is 2.50. The average molecular weight is 337 g/mol. The Balaban J connectivity index is 1.92. The monoisotopic (exact) mass is 336 g/mol. The van der Waals surface area contributed by atoms with E-state index in [9.17, 15) is 14.4 Å². The predicted molar refractivity (Wildman–Crippen MR) is 84.7 cm³/mol. The van der Waals surface area contributed by atoms with E-state index in [0.29, 0.717) is 22.6 Å². The molecule has 23 heavy (non-hydrogen) atoms. The lowest BCUT2D eigenvalue weighted by Gasteiger charge is -2.46. The number of halogens is 1. The van der Waals surface area contributed by atoms with Crippen LogP contribution in [-0.2, 0) is 19.7 Å². The van der Waals surface area contributed by atoms with Crippen LogP contribution < -0.4 is 4.90 Å². The molecule has 0 aliphatic carbocycles. The van der Waals surface area contributed by atoms with Gasteiger partial charge in [-0.1, -0.05) is 17.7 Å². The number of amides is 2. The van der Waals surface area contributed by atoms with E-state index in [4.69, 9.17) is 16.3 Å². The van der Waals surface area contributed by atoms with E-state index in [1.54, 1.807) is 32.0 Å². The molecule has 1 fully saturated rings. The molecule has 7 heteroatoms. The first-order valence-corrected chi connectivity index (χ1v) is 7.78.